The molecule has 0 bridgehead atoms. The first-order chi connectivity index (χ1) is 24.5. The molecule has 0 radical (unpaired) electrons. The molecule has 2 aliphatic rings. The number of aromatic nitrogens is 2. The number of para-hydroxylation sites is 1. The minimum atomic E-state index is -2.16. The Morgan fingerprint density at radius 3 is 2.29 bits per heavy atom. The van der Waals surface area contributed by atoms with E-state index in [2.05, 4.69) is 157 Å². The van der Waals surface area contributed by atoms with Gasteiger partial charge in [0.15, 0.2) is 0 Å². The van der Waals surface area contributed by atoms with E-state index in [0.29, 0.717) is 0 Å². The molecular weight excluding hydrogens is 682 g/mol. The van der Waals surface area contributed by atoms with Crippen molar-refractivity contribution in [1.29, 1.82) is 0 Å². The molecule has 0 spiro atoms. The van der Waals surface area contributed by atoms with Gasteiger partial charge >= 0.3 is 214 Å². The van der Waals surface area contributed by atoms with Crippen molar-refractivity contribution in [2.75, 3.05) is 0 Å². The van der Waals surface area contributed by atoms with Crippen molar-refractivity contribution in [3.05, 3.63) is 139 Å². The average Bonchev–Trinajstić information content (AvgIpc) is 3.71. The van der Waals surface area contributed by atoms with Crippen LogP contribution in [0.2, 0.25) is 17.3 Å². The van der Waals surface area contributed by atoms with Crippen LogP contribution in [0, 0.1) is 0 Å². The summed E-state index contributed by atoms with van der Waals surface area (Å²) in [5.74, 6) is 9.03. The zero-order valence-corrected chi connectivity index (χ0v) is 32.1. The number of pyridine rings is 1. The maximum absolute atomic E-state index is 6.89. The third-order valence-electron chi connectivity index (χ3n) is 10.4. The standard InChI is InChI=1S/C45H40BGeN3O/c1-45(2,3)31-23-30(41-16-11-12-21-48-41)24-32(26-31)51-33-27-37-35-14-8-10-17-42(35)50-43-25-29(34-13-7-9-15-40(34)47(4,5)6)18-19-36(43)38-20-22-49-46(38)39(28-33)44(37)50/h7-28H,1-6H3. The van der Waals surface area contributed by atoms with Crippen molar-refractivity contribution in [1.82, 2.24) is 9.55 Å². The van der Waals surface area contributed by atoms with Gasteiger partial charge in [-0.3, -0.25) is 4.98 Å². The van der Waals surface area contributed by atoms with Crippen LogP contribution in [-0.4, -0.2) is 35.9 Å². The molecule has 0 saturated heterocycles. The molecule has 51 heavy (non-hydrogen) atoms. The zero-order valence-electron chi connectivity index (χ0n) is 30.0. The van der Waals surface area contributed by atoms with Gasteiger partial charge in [0.25, 0.3) is 0 Å². The SMILES string of the molecule is CC(C)(C)c1cc(Oc2cc3c4c(c2)c2ccccc2n4-c2cc(-c4cccc[c]4[Ge]([CH3])([CH3])[CH3])ccc2C2=CC=NB23)cc(-c2ccccn2)c1. The second-order valence-electron chi connectivity index (χ2n) is 15.9. The van der Waals surface area contributed by atoms with E-state index in [0.717, 1.165) is 28.2 Å². The van der Waals surface area contributed by atoms with Gasteiger partial charge in [-0.05, 0) is 41.3 Å². The maximum atomic E-state index is 6.89. The quantitative estimate of drug-likeness (QED) is 0.166. The van der Waals surface area contributed by atoms with E-state index in [-0.39, 0.29) is 12.3 Å². The molecule has 2 aliphatic heterocycles. The molecule has 0 unspecified atom stereocenters. The van der Waals surface area contributed by atoms with Gasteiger partial charge in [0.1, 0.15) is 0 Å². The first kappa shape index (κ1) is 31.8. The largest absolute Gasteiger partial charge is 0.256 e. The smallest absolute Gasteiger partial charge is 0.0703 e. The summed E-state index contributed by atoms with van der Waals surface area (Å²) >= 11 is -2.16. The van der Waals surface area contributed by atoms with E-state index in [1.807, 2.05) is 24.5 Å². The molecule has 0 N–H and O–H groups in total. The van der Waals surface area contributed by atoms with Crippen molar-refractivity contribution >= 4 is 63.5 Å². The van der Waals surface area contributed by atoms with Gasteiger partial charge in [0.05, 0.1) is 5.69 Å². The summed E-state index contributed by atoms with van der Waals surface area (Å²) in [7, 11) is 0. The number of fused-ring (bicyclic) bond motifs is 8. The van der Waals surface area contributed by atoms with Crippen LogP contribution in [0.25, 0.3) is 55.3 Å². The van der Waals surface area contributed by atoms with Gasteiger partial charge in [-0.1, -0.05) is 26.8 Å². The Bertz CT molecular complexity index is 2590. The Balaban J connectivity index is 1.27. The fourth-order valence-electron chi connectivity index (χ4n) is 7.91. The summed E-state index contributed by atoms with van der Waals surface area (Å²) in [6.45, 7) is 6.58. The summed E-state index contributed by atoms with van der Waals surface area (Å²) in [5, 5.41) is 2.37. The molecule has 7 aromatic rings. The van der Waals surface area contributed by atoms with Crippen LogP contribution in [0.1, 0.15) is 31.9 Å². The van der Waals surface area contributed by atoms with Crippen molar-refractivity contribution in [3.63, 3.8) is 0 Å². The van der Waals surface area contributed by atoms with Crippen molar-refractivity contribution in [2.24, 2.45) is 4.90 Å². The summed E-state index contributed by atoms with van der Waals surface area (Å²) in [5.41, 5.74) is 12.9. The Labute approximate surface area is 303 Å². The minimum Gasteiger partial charge on any atom is -0.256 e. The third-order valence-corrected chi connectivity index (χ3v) is 14.7. The predicted octanol–water partition coefficient (Wildman–Crippen LogP) is 10.4. The molecule has 0 amide bonds. The Morgan fingerprint density at radius 2 is 1.49 bits per heavy atom. The van der Waals surface area contributed by atoms with Crippen LogP contribution in [0.4, 0.5) is 0 Å². The van der Waals surface area contributed by atoms with Gasteiger partial charge < -0.3 is 0 Å². The maximum Gasteiger partial charge on any atom is 0.0703 e. The fourth-order valence-corrected chi connectivity index (χ4v) is 11.3. The molecule has 5 aromatic carbocycles. The molecular formula is C45H40BGeN3O. The van der Waals surface area contributed by atoms with E-state index in [4.69, 9.17) is 9.64 Å². The molecule has 248 valence electrons. The Morgan fingerprint density at radius 1 is 0.706 bits per heavy atom. The summed E-state index contributed by atoms with van der Waals surface area (Å²) in [6.07, 6.45) is 6.02. The number of hydrogen-bond donors (Lipinski definition) is 0. The van der Waals surface area contributed by atoms with Crippen molar-refractivity contribution in [2.45, 2.75) is 43.5 Å². The molecule has 2 aromatic heterocycles. The number of nitrogens with zero attached hydrogens (tertiary/aromatic N) is 3. The minimum absolute atomic E-state index is 0.0660. The summed E-state index contributed by atoms with van der Waals surface area (Å²) in [4.78, 5) is 9.76. The van der Waals surface area contributed by atoms with E-state index in [1.165, 1.54) is 59.6 Å². The molecule has 0 fully saturated rings. The van der Waals surface area contributed by atoms with Crippen LogP contribution in [0.5, 0.6) is 11.5 Å². The number of ether oxygens (including phenoxy) is 1. The number of allylic oxidation sites excluding steroid dienone is 1. The molecule has 4 heterocycles. The molecule has 0 saturated carbocycles. The first-order valence-corrected chi connectivity index (χ1v) is 25.2. The van der Waals surface area contributed by atoms with Crippen LogP contribution >= 0.6 is 0 Å². The van der Waals surface area contributed by atoms with E-state index < -0.39 is 13.3 Å². The van der Waals surface area contributed by atoms with Crippen LogP contribution < -0.4 is 14.6 Å². The van der Waals surface area contributed by atoms with Crippen LogP contribution in [0.3, 0.4) is 0 Å². The van der Waals surface area contributed by atoms with E-state index in [1.54, 1.807) is 0 Å². The normalized spacial score (nSPS) is 13.7. The molecule has 6 heteroatoms. The van der Waals surface area contributed by atoms with Crippen molar-refractivity contribution in [3.8, 4) is 39.6 Å². The monoisotopic (exact) mass is 723 g/mol. The predicted molar refractivity (Wildman–Crippen MR) is 220 cm³/mol. The fraction of sp³-hybridized carbons (Fsp3) is 0.156. The average molecular weight is 722 g/mol. The number of hydrogen-bond acceptors (Lipinski definition) is 3. The second-order valence-corrected chi connectivity index (χ2v) is 26.5. The summed E-state index contributed by atoms with van der Waals surface area (Å²) in [6, 6.07) is 41.9. The third kappa shape index (κ3) is 5.37. The van der Waals surface area contributed by atoms with Gasteiger partial charge in [-0.2, -0.15) is 0 Å². The summed E-state index contributed by atoms with van der Waals surface area (Å²) < 4.78 is 10.9. The van der Waals surface area contributed by atoms with Gasteiger partial charge in [-0.15, -0.1) is 0 Å². The van der Waals surface area contributed by atoms with Gasteiger partial charge in [0.2, 0.25) is 0 Å². The number of benzene rings is 5. The molecule has 9 rings (SSSR count). The second kappa shape index (κ2) is 11.7. The zero-order chi connectivity index (χ0) is 35.1. The van der Waals surface area contributed by atoms with Gasteiger partial charge in [-0.25, -0.2) is 0 Å². The van der Waals surface area contributed by atoms with Crippen LogP contribution in [0.15, 0.2) is 132 Å². The topological polar surface area (TPSA) is 39.4 Å². The number of rotatable bonds is 5. The van der Waals surface area contributed by atoms with E-state index >= 15 is 0 Å². The molecule has 0 atom stereocenters. The van der Waals surface area contributed by atoms with Gasteiger partial charge in [0, 0.05) is 11.8 Å². The molecule has 4 nitrogen and oxygen atoms in total. The Kier molecular flexibility index (Phi) is 7.31. The van der Waals surface area contributed by atoms with Crippen LogP contribution in [-0.2, 0) is 5.41 Å². The molecule has 0 aliphatic carbocycles. The first-order valence-electron chi connectivity index (χ1n) is 17.8. The Hall–Kier alpha value is -5.13. The van der Waals surface area contributed by atoms with Crippen molar-refractivity contribution < 1.29 is 4.74 Å². The van der Waals surface area contributed by atoms with E-state index in [9.17, 15) is 0 Å².